The molecule has 2 rings (SSSR count). The number of amides is 2. The summed E-state index contributed by atoms with van der Waals surface area (Å²) in [5.41, 5.74) is 1.78. The van der Waals surface area contributed by atoms with Gasteiger partial charge in [0.15, 0.2) is 0 Å². The predicted molar refractivity (Wildman–Crippen MR) is 98.6 cm³/mol. The molecule has 1 fully saturated rings. The Labute approximate surface area is 150 Å². The van der Waals surface area contributed by atoms with E-state index < -0.39 is 5.60 Å². The molecule has 0 bridgehead atoms. The summed E-state index contributed by atoms with van der Waals surface area (Å²) < 4.78 is 5.38. The number of carbonyl (C=O) groups is 2. The summed E-state index contributed by atoms with van der Waals surface area (Å²) in [6, 6.07) is 8.17. The van der Waals surface area contributed by atoms with Gasteiger partial charge in [0.1, 0.15) is 5.60 Å². The van der Waals surface area contributed by atoms with Gasteiger partial charge in [-0.25, -0.2) is 4.79 Å². The number of carbonyl (C=O) groups excluding carboxylic acids is 2. The molecule has 0 aromatic heterocycles. The molecule has 1 heterocycles. The molecule has 138 valence electrons. The molecule has 1 atom stereocenters. The van der Waals surface area contributed by atoms with Crippen molar-refractivity contribution in [1.29, 1.82) is 0 Å². The molecule has 1 aliphatic rings. The molecule has 1 aromatic carbocycles. The number of nitrogens with one attached hydrogen (secondary N) is 1. The molecule has 1 saturated heterocycles. The Morgan fingerprint density at radius 3 is 2.44 bits per heavy atom. The normalized spacial score (nSPS) is 17.7. The molecule has 5 heteroatoms. The fourth-order valence-corrected chi connectivity index (χ4v) is 2.85. The van der Waals surface area contributed by atoms with Gasteiger partial charge in [-0.2, -0.15) is 0 Å². The Hall–Kier alpha value is -2.04. The molecule has 0 saturated carbocycles. The number of benzene rings is 1. The first-order chi connectivity index (χ1) is 11.6. The van der Waals surface area contributed by atoms with Crippen molar-refractivity contribution in [3.05, 3.63) is 35.4 Å². The highest BCUT2D eigenvalue weighted by Gasteiger charge is 2.30. The number of ether oxygens (including phenoxy) is 1. The number of nitrogens with zero attached hydrogens (tertiary/aromatic N) is 1. The van der Waals surface area contributed by atoms with Gasteiger partial charge >= 0.3 is 6.09 Å². The Balaban J connectivity index is 1.80. The Morgan fingerprint density at radius 2 is 1.88 bits per heavy atom. The van der Waals surface area contributed by atoms with Gasteiger partial charge in [0, 0.05) is 19.1 Å². The van der Waals surface area contributed by atoms with Crippen LogP contribution in [0.1, 0.15) is 58.1 Å². The van der Waals surface area contributed by atoms with Crippen LogP contribution in [0.2, 0.25) is 0 Å². The van der Waals surface area contributed by atoms with Crippen LogP contribution in [0.4, 0.5) is 4.79 Å². The highest BCUT2D eigenvalue weighted by Crippen LogP contribution is 2.17. The standard InChI is InChI=1S/C20H30N2O3/c1-14(2)16-8-6-15(7-9-16)12-18(23)21-17-10-11-22(13-17)19(24)25-20(3,4)5/h6-9,14,17H,10-13H2,1-5H3,(H,21,23)/t17-/m1/s1. The molecule has 2 amide bonds. The average molecular weight is 346 g/mol. The summed E-state index contributed by atoms with van der Waals surface area (Å²) in [7, 11) is 0. The van der Waals surface area contributed by atoms with Gasteiger partial charge < -0.3 is 15.0 Å². The minimum absolute atomic E-state index is 0.00467. The van der Waals surface area contributed by atoms with Crippen molar-refractivity contribution in [2.75, 3.05) is 13.1 Å². The molecule has 1 aliphatic heterocycles. The van der Waals surface area contributed by atoms with E-state index in [2.05, 4.69) is 31.3 Å². The van der Waals surface area contributed by atoms with Crippen LogP contribution in [0.25, 0.3) is 0 Å². The van der Waals surface area contributed by atoms with Crippen LogP contribution in [0.5, 0.6) is 0 Å². The molecule has 0 aliphatic carbocycles. The lowest BCUT2D eigenvalue weighted by atomic mass is 10.0. The van der Waals surface area contributed by atoms with Crippen LogP contribution >= 0.6 is 0 Å². The van der Waals surface area contributed by atoms with E-state index >= 15 is 0 Å². The molecule has 1 aromatic rings. The second-order valence-corrected chi connectivity index (χ2v) is 8.05. The number of hydrogen-bond donors (Lipinski definition) is 1. The fraction of sp³-hybridized carbons (Fsp3) is 0.600. The highest BCUT2D eigenvalue weighted by molar-refractivity contribution is 5.79. The van der Waals surface area contributed by atoms with Gasteiger partial charge in [0.25, 0.3) is 0 Å². The first kappa shape index (κ1) is 19.3. The van der Waals surface area contributed by atoms with E-state index in [1.807, 2.05) is 32.9 Å². The molecule has 1 N–H and O–H groups in total. The number of likely N-dealkylation sites (tertiary alicyclic amines) is 1. The van der Waals surface area contributed by atoms with Crippen molar-refractivity contribution in [2.45, 2.75) is 65.0 Å². The van der Waals surface area contributed by atoms with Crippen LogP contribution < -0.4 is 5.32 Å². The smallest absolute Gasteiger partial charge is 0.410 e. The minimum atomic E-state index is -0.499. The van der Waals surface area contributed by atoms with E-state index in [0.29, 0.717) is 25.4 Å². The van der Waals surface area contributed by atoms with Crippen LogP contribution in [-0.2, 0) is 16.0 Å². The molecule has 5 nitrogen and oxygen atoms in total. The number of rotatable bonds is 4. The molecule has 0 radical (unpaired) electrons. The van der Waals surface area contributed by atoms with Gasteiger partial charge in [-0.15, -0.1) is 0 Å². The second kappa shape index (κ2) is 7.89. The summed E-state index contributed by atoms with van der Waals surface area (Å²) in [5, 5.41) is 3.02. The van der Waals surface area contributed by atoms with Gasteiger partial charge in [-0.1, -0.05) is 38.1 Å². The zero-order chi connectivity index (χ0) is 18.6. The molecular weight excluding hydrogens is 316 g/mol. The summed E-state index contributed by atoms with van der Waals surface area (Å²) >= 11 is 0. The first-order valence-corrected chi connectivity index (χ1v) is 9.00. The van der Waals surface area contributed by atoms with Crippen molar-refractivity contribution in [3.63, 3.8) is 0 Å². The van der Waals surface area contributed by atoms with E-state index in [-0.39, 0.29) is 18.0 Å². The Morgan fingerprint density at radius 1 is 1.24 bits per heavy atom. The minimum Gasteiger partial charge on any atom is -0.444 e. The molecule has 0 spiro atoms. The van der Waals surface area contributed by atoms with Crippen molar-refractivity contribution in [2.24, 2.45) is 0 Å². The maximum atomic E-state index is 12.2. The SMILES string of the molecule is CC(C)c1ccc(CC(=O)N[C@@H]2CCN(C(=O)OC(C)(C)C)C2)cc1. The molecular formula is C20H30N2O3. The topological polar surface area (TPSA) is 58.6 Å². The predicted octanol–water partition coefficient (Wildman–Crippen LogP) is 3.48. The lowest BCUT2D eigenvalue weighted by molar-refractivity contribution is -0.121. The van der Waals surface area contributed by atoms with E-state index in [1.165, 1.54) is 5.56 Å². The maximum absolute atomic E-state index is 12.2. The Kier molecular flexibility index (Phi) is 6.09. The summed E-state index contributed by atoms with van der Waals surface area (Å²) in [4.78, 5) is 26.0. The summed E-state index contributed by atoms with van der Waals surface area (Å²) in [6.07, 6.45) is 0.812. The average Bonchev–Trinajstić information content (AvgIpc) is 2.94. The summed E-state index contributed by atoms with van der Waals surface area (Å²) in [6.45, 7) is 11.0. The second-order valence-electron chi connectivity index (χ2n) is 8.05. The monoisotopic (exact) mass is 346 g/mol. The number of hydrogen-bond acceptors (Lipinski definition) is 3. The third-order valence-electron chi connectivity index (χ3n) is 4.22. The van der Waals surface area contributed by atoms with E-state index in [0.717, 1.165) is 12.0 Å². The largest absolute Gasteiger partial charge is 0.444 e. The third-order valence-corrected chi connectivity index (χ3v) is 4.22. The van der Waals surface area contributed by atoms with E-state index in [1.54, 1.807) is 4.90 Å². The van der Waals surface area contributed by atoms with E-state index in [4.69, 9.17) is 4.74 Å². The highest BCUT2D eigenvalue weighted by atomic mass is 16.6. The zero-order valence-corrected chi connectivity index (χ0v) is 16.0. The van der Waals surface area contributed by atoms with Crippen LogP contribution in [0.3, 0.4) is 0 Å². The fourth-order valence-electron chi connectivity index (χ4n) is 2.85. The van der Waals surface area contributed by atoms with Crippen molar-refractivity contribution in [1.82, 2.24) is 10.2 Å². The lowest BCUT2D eigenvalue weighted by Crippen LogP contribution is -2.40. The zero-order valence-electron chi connectivity index (χ0n) is 16.0. The van der Waals surface area contributed by atoms with Crippen molar-refractivity contribution >= 4 is 12.0 Å². The maximum Gasteiger partial charge on any atom is 0.410 e. The third kappa shape index (κ3) is 6.07. The van der Waals surface area contributed by atoms with Crippen LogP contribution in [0.15, 0.2) is 24.3 Å². The van der Waals surface area contributed by atoms with Crippen molar-refractivity contribution < 1.29 is 14.3 Å². The molecule has 25 heavy (non-hydrogen) atoms. The molecule has 0 unspecified atom stereocenters. The summed E-state index contributed by atoms with van der Waals surface area (Å²) in [5.74, 6) is 0.480. The van der Waals surface area contributed by atoms with Gasteiger partial charge in [-0.05, 0) is 44.2 Å². The van der Waals surface area contributed by atoms with Crippen LogP contribution in [-0.4, -0.2) is 41.6 Å². The first-order valence-electron chi connectivity index (χ1n) is 9.00. The van der Waals surface area contributed by atoms with Gasteiger partial charge in [-0.3, -0.25) is 4.79 Å². The van der Waals surface area contributed by atoms with E-state index in [9.17, 15) is 9.59 Å². The Bertz CT molecular complexity index is 602. The lowest BCUT2D eigenvalue weighted by Gasteiger charge is -2.24. The van der Waals surface area contributed by atoms with Crippen molar-refractivity contribution in [3.8, 4) is 0 Å². The van der Waals surface area contributed by atoms with Gasteiger partial charge in [0.2, 0.25) is 5.91 Å². The van der Waals surface area contributed by atoms with Crippen LogP contribution in [0, 0.1) is 0 Å². The quantitative estimate of drug-likeness (QED) is 0.908. The van der Waals surface area contributed by atoms with Gasteiger partial charge in [0.05, 0.1) is 6.42 Å².